The first-order valence-electron chi connectivity index (χ1n) is 11.6. The second-order valence-corrected chi connectivity index (χ2v) is 11.2. The molecule has 0 unspecified atom stereocenters. The van der Waals surface area contributed by atoms with Crippen LogP contribution in [0.1, 0.15) is 60.3 Å². The molecule has 6 nitrogen and oxygen atoms in total. The molecule has 6 heteroatoms. The second kappa shape index (κ2) is 6.39. The lowest BCUT2D eigenvalue weighted by Gasteiger charge is -2.55. The summed E-state index contributed by atoms with van der Waals surface area (Å²) < 4.78 is 6.36. The van der Waals surface area contributed by atoms with Crippen LogP contribution in [0.25, 0.3) is 0 Å². The maximum absolute atomic E-state index is 13.9. The fourth-order valence-electron chi connectivity index (χ4n) is 8.09. The van der Waals surface area contributed by atoms with E-state index in [9.17, 15) is 19.8 Å². The fraction of sp³-hybridized carbons (Fsp3) is 0.833. The molecule has 30 heavy (non-hydrogen) atoms. The van der Waals surface area contributed by atoms with E-state index in [1.165, 1.54) is 0 Å². The van der Waals surface area contributed by atoms with Gasteiger partial charge in [-0.3, -0.25) is 9.59 Å². The first-order valence-corrected chi connectivity index (χ1v) is 11.6. The minimum Gasteiger partial charge on any atom is -0.390 e. The number of hydrogen-bond donors (Lipinski definition) is 3. The number of hydrogen-bond acceptors (Lipinski definition) is 5. The highest BCUT2D eigenvalue weighted by Gasteiger charge is 2.76. The van der Waals surface area contributed by atoms with Crippen LogP contribution in [0.15, 0.2) is 11.1 Å². The summed E-state index contributed by atoms with van der Waals surface area (Å²) in [7, 11) is 0. The van der Waals surface area contributed by atoms with E-state index in [1.807, 2.05) is 13.8 Å². The van der Waals surface area contributed by atoms with E-state index >= 15 is 0 Å². The maximum atomic E-state index is 13.9. The molecule has 3 saturated heterocycles. The van der Waals surface area contributed by atoms with E-state index in [2.05, 4.69) is 26.1 Å². The molecule has 5 aliphatic rings. The minimum atomic E-state index is -1.22. The molecule has 5 rings (SSSR count). The number of nitrogens with one attached hydrogen (secondary N) is 1. The average molecular weight is 418 g/mol. The zero-order valence-electron chi connectivity index (χ0n) is 18.6. The molecule has 0 radical (unpaired) electrons. The molecule has 4 fully saturated rings. The van der Waals surface area contributed by atoms with Gasteiger partial charge in [0.15, 0.2) is 0 Å². The molecule has 0 aromatic carbocycles. The van der Waals surface area contributed by atoms with Gasteiger partial charge in [0.2, 0.25) is 5.91 Å². The summed E-state index contributed by atoms with van der Waals surface area (Å²) in [6.07, 6.45) is 0.552. The molecule has 2 bridgehead atoms. The Balaban J connectivity index is 1.70. The van der Waals surface area contributed by atoms with Crippen molar-refractivity contribution in [2.24, 2.45) is 35.0 Å². The number of fused-ring (bicyclic) bond motifs is 6. The SMILES string of the molecule is CC1=C(C)[C@H]2[C@H](CC(C)C)NC(=O)[C@@]23C(=O)C[C@@H]2[C@@H]4O[C@@](C)(CC[C@H]4O)[C@@H]2[C@H]3[C@@H]1O. The van der Waals surface area contributed by atoms with Crippen LogP contribution in [0.3, 0.4) is 0 Å². The predicted octanol–water partition coefficient (Wildman–Crippen LogP) is 1.98. The zero-order valence-corrected chi connectivity index (χ0v) is 18.6. The molecule has 3 aliphatic heterocycles. The lowest BCUT2D eigenvalue weighted by Crippen LogP contribution is -2.64. The minimum absolute atomic E-state index is 0.0691. The predicted molar refractivity (Wildman–Crippen MR) is 110 cm³/mol. The van der Waals surface area contributed by atoms with Crippen LogP contribution in [0.4, 0.5) is 0 Å². The topological polar surface area (TPSA) is 95.9 Å². The summed E-state index contributed by atoms with van der Waals surface area (Å²) in [4.78, 5) is 27.5. The van der Waals surface area contributed by atoms with Gasteiger partial charge in [-0.05, 0) is 51.5 Å². The van der Waals surface area contributed by atoms with Gasteiger partial charge in [-0.25, -0.2) is 0 Å². The monoisotopic (exact) mass is 417 g/mol. The highest BCUT2D eigenvalue weighted by molar-refractivity contribution is 6.10. The Labute approximate surface area is 178 Å². The van der Waals surface area contributed by atoms with E-state index in [4.69, 9.17) is 4.74 Å². The Morgan fingerprint density at radius 2 is 1.87 bits per heavy atom. The number of amides is 1. The summed E-state index contributed by atoms with van der Waals surface area (Å²) in [5, 5.41) is 25.3. The third kappa shape index (κ3) is 2.31. The van der Waals surface area contributed by atoms with Gasteiger partial charge in [0.1, 0.15) is 11.2 Å². The summed E-state index contributed by atoms with van der Waals surface area (Å²) in [6.45, 7) is 10.3. The van der Waals surface area contributed by atoms with Gasteiger partial charge in [-0.2, -0.15) is 0 Å². The third-order valence-electron chi connectivity index (χ3n) is 9.29. The number of aliphatic hydroxyl groups is 2. The molecule has 0 aromatic heterocycles. The third-order valence-corrected chi connectivity index (χ3v) is 9.29. The van der Waals surface area contributed by atoms with Crippen molar-refractivity contribution in [2.75, 3.05) is 0 Å². The summed E-state index contributed by atoms with van der Waals surface area (Å²) >= 11 is 0. The number of aliphatic hydroxyl groups excluding tert-OH is 2. The molecule has 166 valence electrons. The molecule has 2 aliphatic carbocycles. The van der Waals surface area contributed by atoms with Crippen molar-refractivity contribution < 1.29 is 24.5 Å². The second-order valence-electron chi connectivity index (χ2n) is 11.2. The summed E-state index contributed by atoms with van der Waals surface area (Å²) in [6, 6.07) is -0.0944. The Bertz CT molecular complexity index is 835. The van der Waals surface area contributed by atoms with Crippen LogP contribution in [0.5, 0.6) is 0 Å². The van der Waals surface area contributed by atoms with Crippen LogP contribution >= 0.6 is 0 Å². The van der Waals surface area contributed by atoms with E-state index in [-0.39, 0.29) is 48.0 Å². The molecular formula is C24H35NO5. The van der Waals surface area contributed by atoms with E-state index in [1.54, 1.807) is 0 Å². The standard InChI is InChI=1S/C24H35NO5/c1-10(2)8-14-17-11(3)12(4)20(28)19-18-13(9-16(27)24(17,19)22(29)25-14)21-15(26)6-7-23(18,5)30-21/h10,13-15,17-21,26,28H,6-9H2,1-5H3,(H,25,29)/t13-,14-,15+,17-,18-,19-,20+,21-,23-,24-/m0/s1. The first kappa shape index (κ1) is 20.7. The van der Waals surface area contributed by atoms with E-state index in [0.29, 0.717) is 18.8 Å². The van der Waals surface area contributed by atoms with Crippen LogP contribution in [0.2, 0.25) is 0 Å². The fourth-order valence-corrected chi connectivity index (χ4v) is 8.09. The quantitative estimate of drug-likeness (QED) is 0.472. The van der Waals surface area contributed by atoms with Gasteiger partial charge in [-0.1, -0.05) is 19.4 Å². The van der Waals surface area contributed by atoms with Gasteiger partial charge < -0.3 is 20.3 Å². The van der Waals surface area contributed by atoms with Crippen molar-refractivity contribution in [3.8, 4) is 0 Å². The van der Waals surface area contributed by atoms with Crippen LogP contribution in [-0.2, 0) is 14.3 Å². The largest absolute Gasteiger partial charge is 0.390 e. The average Bonchev–Trinajstić information content (AvgIpc) is 3.08. The van der Waals surface area contributed by atoms with Crippen LogP contribution in [0, 0.1) is 35.0 Å². The van der Waals surface area contributed by atoms with Crippen molar-refractivity contribution in [2.45, 2.75) is 90.3 Å². The number of ether oxygens (including phenoxy) is 1. The number of carbonyl (C=O) groups excluding carboxylic acids is 2. The van der Waals surface area contributed by atoms with Crippen molar-refractivity contribution >= 4 is 11.7 Å². The normalized spacial score (nSPS) is 52.3. The summed E-state index contributed by atoms with van der Waals surface area (Å²) in [5.74, 6) is -0.880. The molecule has 0 aromatic rings. The number of Topliss-reactive ketones (excluding diaryl/α,β-unsaturated/α-hetero) is 1. The van der Waals surface area contributed by atoms with Gasteiger partial charge in [0.05, 0.1) is 23.9 Å². The van der Waals surface area contributed by atoms with Crippen molar-refractivity contribution in [3.63, 3.8) is 0 Å². The first-order chi connectivity index (χ1) is 14.0. The number of ketones is 1. The Kier molecular flexibility index (Phi) is 4.40. The molecule has 1 saturated carbocycles. The van der Waals surface area contributed by atoms with Gasteiger partial charge >= 0.3 is 0 Å². The molecule has 10 atom stereocenters. The maximum Gasteiger partial charge on any atom is 0.235 e. The van der Waals surface area contributed by atoms with Crippen LogP contribution in [-0.4, -0.2) is 51.9 Å². The highest BCUT2D eigenvalue weighted by Crippen LogP contribution is 2.66. The molecule has 3 heterocycles. The molecule has 3 N–H and O–H groups in total. The van der Waals surface area contributed by atoms with Crippen molar-refractivity contribution in [1.29, 1.82) is 0 Å². The molecule has 1 spiro atoms. The molecular weight excluding hydrogens is 382 g/mol. The summed E-state index contributed by atoms with van der Waals surface area (Å²) in [5.41, 5.74) is 0.130. The Morgan fingerprint density at radius 3 is 2.53 bits per heavy atom. The lowest BCUT2D eigenvalue weighted by molar-refractivity contribution is -0.167. The van der Waals surface area contributed by atoms with E-state index < -0.39 is 29.1 Å². The smallest absolute Gasteiger partial charge is 0.235 e. The van der Waals surface area contributed by atoms with Crippen LogP contribution < -0.4 is 5.32 Å². The molecule has 1 amide bonds. The van der Waals surface area contributed by atoms with Gasteiger partial charge in [0, 0.05) is 36.1 Å². The highest BCUT2D eigenvalue weighted by atomic mass is 16.5. The van der Waals surface area contributed by atoms with Gasteiger partial charge in [0.25, 0.3) is 0 Å². The van der Waals surface area contributed by atoms with Crippen molar-refractivity contribution in [1.82, 2.24) is 5.32 Å². The Hall–Kier alpha value is -1.24. The Morgan fingerprint density at radius 1 is 1.17 bits per heavy atom. The number of rotatable bonds is 2. The number of carbonyl (C=O) groups is 2. The lowest BCUT2D eigenvalue weighted by atomic mass is 9.45. The van der Waals surface area contributed by atoms with Crippen molar-refractivity contribution in [3.05, 3.63) is 11.1 Å². The van der Waals surface area contributed by atoms with E-state index in [0.717, 1.165) is 17.6 Å². The zero-order chi connectivity index (χ0) is 21.7. The van der Waals surface area contributed by atoms with Gasteiger partial charge in [-0.15, -0.1) is 0 Å².